The number of rotatable bonds is 4. The van der Waals surface area contributed by atoms with Crippen molar-refractivity contribution in [2.24, 2.45) is 0 Å². The van der Waals surface area contributed by atoms with Gasteiger partial charge in [-0.05, 0) is 54.8 Å². The van der Waals surface area contributed by atoms with Gasteiger partial charge in [0.25, 0.3) is 0 Å². The molecule has 26 heavy (non-hydrogen) atoms. The van der Waals surface area contributed by atoms with Crippen molar-refractivity contribution in [2.45, 2.75) is 18.9 Å². The molecule has 1 aliphatic carbocycles. The average Bonchev–Trinajstić information content (AvgIpc) is 2.89. The predicted octanol–water partition coefficient (Wildman–Crippen LogP) is 2.65. The number of fused-ring (bicyclic) bond motifs is 3. The fraction of sp³-hybridized carbons (Fsp3) is 0.350. The zero-order valence-electron chi connectivity index (χ0n) is 15.4. The summed E-state index contributed by atoms with van der Waals surface area (Å²) < 4.78 is 16.0. The van der Waals surface area contributed by atoms with Gasteiger partial charge in [-0.1, -0.05) is 6.07 Å². The maximum atomic E-state index is 12.5. The Bertz CT molecular complexity index is 894. The van der Waals surface area contributed by atoms with Crippen LogP contribution >= 0.6 is 0 Å². The highest BCUT2D eigenvalue weighted by Crippen LogP contribution is 2.49. The van der Waals surface area contributed by atoms with Crippen molar-refractivity contribution in [2.75, 3.05) is 28.4 Å². The van der Waals surface area contributed by atoms with Gasteiger partial charge in [0.1, 0.15) is 0 Å². The minimum Gasteiger partial charge on any atom is -0.502 e. The van der Waals surface area contributed by atoms with Crippen LogP contribution in [0.25, 0.3) is 11.1 Å². The molecule has 138 valence electrons. The summed E-state index contributed by atoms with van der Waals surface area (Å²) in [6, 6.07) is 6.92. The summed E-state index contributed by atoms with van der Waals surface area (Å²) in [6.07, 6.45) is 1.54. The van der Waals surface area contributed by atoms with Crippen LogP contribution in [-0.4, -0.2) is 33.5 Å². The Morgan fingerprint density at radius 1 is 1.08 bits per heavy atom. The molecule has 0 aliphatic heterocycles. The molecule has 2 aromatic carbocycles. The van der Waals surface area contributed by atoms with Crippen LogP contribution in [0.4, 0.5) is 0 Å². The van der Waals surface area contributed by atoms with Gasteiger partial charge in [0.05, 0.1) is 21.3 Å². The van der Waals surface area contributed by atoms with Gasteiger partial charge in [-0.25, -0.2) is 0 Å². The molecule has 0 radical (unpaired) electrons. The summed E-state index contributed by atoms with van der Waals surface area (Å²) in [7, 11) is 6.37. The molecule has 0 bridgehead atoms. The number of phenols is 1. The van der Waals surface area contributed by atoms with Crippen LogP contribution in [0.1, 0.15) is 23.6 Å². The standard InChI is InChI=1S/C20H23NO5/c1-21-14-7-5-11-9-17(25-3)19(23)20(26-4)18(11)12-6-8-16(24-2)15(22)10-13(12)14/h6,8-10,14,21,23H,5,7H2,1-4H3/t14-/m0/s1. The number of ether oxygens (including phenoxy) is 3. The van der Waals surface area contributed by atoms with Crippen molar-refractivity contribution in [3.8, 4) is 34.1 Å². The number of nitrogens with one attached hydrogen (secondary N) is 1. The van der Waals surface area contributed by atoms with E-state index in [9.17, 15) is 9.90 Å². The molecule has 0 amide bonds. The van der Waals surface area contributed by atoms with Crippen molar-refractivity contribution >= 4 is 0 Å². The predicted molar refractivity (Wildman–Crippen MR) is 99.6 cm³/mol. The van der Waals surface area contributed by atoms with E-state index in [1.165, 1.54) is 21.3 Å². The second kappa shape index (κ2) is 7.25. The number of aromatic hydroxyl groups is 1. The Hall–Kier alpha value is -2.73. The smallest absolute Gasteiger partial charge is 0.220 e. The van der Waals surface area contributed by atoms with E-state index in [1.807, 2.05) is 19.2 Å². The molecule has 0 saturated heterocycles. The summed E-state index contributed by atoms with van der Waals surface area (Å²) in [5.41, 5.74) is 3.26. The maximum Gasteiger partial charge on any atom is 0.220 e. The van der Waals surface area contributed by atoms with Gasteiger partial charge in [-0.3, -0.25) is 4.79 Å². The quantitative estimate of drug-likeness (QED) is 0.876. The topological polar surface area (TPSA) is 77.0 Å². The molecule has 0 aromatic heterocycles. The minimum atomic E-state index is -0.186. The third-order valence-electron chi connectivity index (χ3n) is 4.88. The normalized spacial score (nSPS) is 15.5. The summed E-state index contributed by atoms with van der Waals surface area (Å²) in [5.74, 6) is 0.928. The van der Waals surface area contributed by atoms with E-state index in [-0.39, 0.29) is 23.0 Å². The van der Waals surface area contributed by atoms with E-state index in [4.69, 9.17) is 14.2 Å². The Labute approximate surface area is 152 Å². The van der Waals surface area contributed by atoms with E-state index in [0.29, 0.717) is 11.5 Å². The van der Waals surface area contributed by atoms with Crippen molar-refractivity contribution < 1.29 is 19.3 Å². The zero-order chi connectivity index (χ0) is 18.8. The van der Waals surface area contributed by atoms with Gasteiger partial charge >= 0.3 is 0 Å². The lowest BCUT2D eigenvalue weighted by Crippen LogP contribution is -2.17. The van der Waals surface area contributed by atoms with E-state index in [2.05, 4.69) is 5.32 Å². The maximum absolute atomic E-state index is 12.5. The first kappa shape index (κ1) is 18.1. The van der Waals surface area contributed by atoms with Crippen molar-refractivity contribution in [3.05, 3.63) is 45.6 Å². The zero-order valence-corrected chi connectivity index (χ0v) is 15.4. The van der Waals surface area contributed by atoms with Gasteiger partial charge in [-0.2, -0.15) is 0 Å². The van der Waals surface area contributed by atoms with Crippen molar-refractivity contribution in [3.63, 3.8) is 0 Å². The molecule has 0 spiro atoms. The molecule has 6 nitrogen and oxygen atoms in total. The van der Waals surface area contributed by atoms with Crippen molar-refractivity contribution in [1.29, 1.82) is 0 Å². The van der Waals surface area contributed by atoms with E-state index in [1.54, 1.807) is 12.1 Å². The molecule has 0 saturated carbocycles. The van der Waals surface area contributed by atoms with Gasteiger partial charge in [0.15, 0.2) is 17.2 Å². The molecule has 6 heteroatoms. The summed E-state index contributed by atoms with van der Waals surface area (Å²) >= 11 is 0. The number of phenolic OH excluding ortho intramolecular Hbond substituents is 1. The molecule has 2 N–H and O–H groups in total. The number of methoxy groups -OCH3 is 3. The van der Waals surface area contributed by atoms with Crippen LogP contribution in [0.15, 0.2) is 29.1 Å². The summed E-state index contributed by atoms with van der Waals surface area (Å²) in [4.78, 5) is 12.5. The van der Waals surface area contributed by atoms with Crippen molar-refractivity contribution in [1.82, 2.24) is 5.32 Å². The lowest BCUT2D eigenvalue weighted by Gasteiger charge is -2.17. The summed E-state index contributed by atoms with van der Waals surface area (Å²) in [5, 5.41) is 13.8. The van der Waals surface area contributed by atoms with E-state index in [0.717, 1.165) is 35.1 Å². The molecule has 0 unspecified atom stereocenters. The third kappa shape index (κ3) is 2.86. The van der Waals surface area contributed by atoms with Crippen LogP contribution < -0.4 is 25.0 Å². The second-order valence-electron chi connectivity index (χ2n) is 6.15. The van der Waals surface area contributed by atoms with Crippen LogP contribution in [0, 0.1) is 0 Å². The van der Waals surface area contributed by atoms with Crippen LogP contribution in [0.3, 0.4) is 0 Å². The molecular weight excluding hydrogens is 334 g/mol. The van der Waals surface area contributed by atoms with E-state index < -0.39 is 0 Å². The molecule has 1 aliphatic rings. The van der Waals surface area contributed by atoms with Gasteiger partial charge < -0.3 is 24.6 Å². The fourth-order valence-electron chi connectivity index (χ4n) is 3.59. The Balaban J connectivity index is 2.42. The highest BCUT2D eigenvalue weighted by Gasteiger charge is 2.27. The minimum absolute atomic E-state index is 0.0138. The SMILES string of the molecule is CN[C@H]1CCc2cc(OC)c(O)c(OC)c2-c2ccc(OC)c(=O)cc21. The Morgan fingerprint density at radius 3 is 2.42 bits per heavy atom. The van der Waals surface area contributed by atoms with E-state index >= 15 is 0 Å². The van der Waals surface area contributed by atoms with Crippen LogP contribution in [0.2, 0.25) is 0 Å². The average molecular weight is 357 g/mol. The van der Waals surface area contributed by atoms with Gasteiger partial charge in [0.2, 0.25) is 11.2 Å². The largest absolute Gasteiger partial charge is 0.502 e. The number of benzene rings is 1. The number of aryl methyl sites for hydroxylation is 1. The first-order valence-corrected chi connectivity index (χ1v) is 8.42. The highest BCUT2D eigenvalue weighted by molar-refractivity contribution is 5.82. The lowest BCUT2D eigenvalue weighted by atomic mass is 9.95. The Kier molecular flexibility index (Phi) is 5.04. The Morgan fingerprint density at radius 2 is 1.81 bits per heavy atom. The summed E-state index contributed by atoms with van der Waals surface area (Å²) in [6.45, 7) is 0. The third-order valence-corrected chi connectivity index (χ3v) is 4.88. The number of hydrogen-bond donors (Lipinski definition) is 2. The first-order valence-electron chi connectivity index (χ1n) is 8.42. The monoisotopic (exact) mass is 357 g/mol. The molecule has 0 fully saturated rings. The molecular formula is C20H23NO5. The van der Waals surface area contributed by atoms with Crippen LogP contribution in [-0.2, 0) is 6.42 Å². The lowest BCUT2D eigenvalue weighted by molar-refractivity contribution is 0.340. The molecule has 1 atom stereocenters. The molecule has 3 rings (SSSR count). The number of hydrogen-bond acceptors (Lipinski definition) is 6. The van der Waals surface area contributed by atoms with Gasteiger partial charge in [0, 0.05) is 11.6 Å². The highest BCUT2D eigenvalue weighted by atomic mass is 16.5. The first-order chi connectivity index (χ1) is 12.5. The molecule has 2 aromatic rings. The molecule has 0 heterocycles. The fourth-order valence-corrected chi connectivity index (χ4v) is 3.59. The van der Waals surface area contributed by atoms with Gasteiger partial charge in [-0.15, -0.1) is 0 Å². The second-order valence-corrected chi connectivity index (χ2v) is 6.15. The van der Waals surface area contributed by atoms with Crippen LogP contribution in [0.5, 0.6) is 23.0 Å².